The number of H-pyrrole nitrogens is 1. The van der Waals surface area contributed by atoms with Gasteiger partial charge in [-0.3, -0.25) is 9.59 Å². The first-order valence-electron chi connectivity index (χ1n) is 14.6. The summed E-state index contributed by atoms with van der Waals surface area (Å²) in [5.74, 6) is 0.384. The van der Waals surface area contributed by atoms with Gasteiger partial charge in [0, 0.05) is 29.7 Å². The van der Waals surface area contributed by atoms with Crippen LogP contribution in [0.1, 0.15) is 54.8 Å². The number of hydrogen-bond donors (Lipinski definition) is 2. The zero-order valence-electron chi connectivity index (χ0n) is 24.2. The molecule has 0 bridgehead atoms. The van der Waals surface area contributed by atoms with Gasteiger partial charge in [0.2, 0.25) is 11.8 Å². The fraction of sp³-hybridized carbons (Fsp3) is 0.353. The summed E-state index contributed by atoms with van der Waals surface area (Å²) in [4.78, 5) is 33.1. The predicted octanol–water partition coefficient (Wildman–Crippen LogP) is 6.13. The highest BCUT2D eigenvalue weighted by atomic mass is 19.1. The number of carbonyl (C=O) groups excluding carboxylic acids is 2. The SMILES string of the molecule is COc1ccc(CCN(C(=O)Cc2c[nH]c3ccccc23)[C@H](C(=O)NC2CCCCC2)c2ccc(F)cc2)cc1OC. The molecule has 1 fully saturated rings. The molecule has 1 aliphatic rings. The number of carbonyl (C=O) groups is 2. The number of rotatable bonds is 11. The molecule has 0 saturated heterocycles. The summed E-state index contributed by atoms with van der Waals surface area (Å²) in [6, 6.07) is 18.5. The molecule has 1 atom stereocenters. The van der Waals surface area contributed by atoms with Crippen LogP contribution in [0.4, 0.5) is 4.39 Å². The van der Waals surface area contributed by atoms with E-state index in [9.17, 15) is 14.0 Å². The third-order valence-electron chi connectivity index (χ3n) is 8.12. The van der Waals surface area contributed by atoms with E-state index in [1.54, 1.807) is 31.3 Å². The Morgan fingerprint density at radius 1 is 0.976 bits per heavy atom. The Balaban J connectivity index is 1.49. The van der Waals surface area contributed by atoms with E-state index in [-0.39, 0.29) is 30.8 Å². The highest BCUT2D eigenvalue weighted by Crippen LogP contribution is 2.30. The first kappa shape index (κ1) is 29.2. The summed E-state index contributed by atoms with van der Waals surface area (Å²) < 4.78 is 24.8. The van der Waals surface area contributed by atoms with Crippen LogP contribution in [0.3, 0.4) is 0 Å². The molecule has 2 amide bonds. The van der Waals surface area contributed by atoms with Gasteiger partial charge in [0.05, 0.1) is 20.6 Å². The minimum absolute atomic E-state index is 0.0608. The van der Waals surface area contributed by atoms with E-state index in [1.807, 2.05) is 48.7 Å². The van der Waals surface area contributed by atoms with Crippen molar-refractivity contribution >= 4 is 22.7 Å². The van der Waals surface area contributed by atoms with Gasteiger partial charge >= 0.3 is 0 Å². The molecule has 1 saturated carbocycles. The van der Waals surface area contributed by atoms with Crippen LogP contribution in [-0.4, -0.2) is 48.5 Å². The molecule has 0 spiro atoms. The number of benzene rings is 3. The third-order valence-corrected chi connectivity index (χ3v) is 8.12. The van der Waals surface area contributed by atoms with E-state index >= 15 is 0 Å². The van der Waals surface area contributed by atoms with Crippen molar-refractivity contribution in [1.29, 1.82) is 0 Å². The highest BCUT2D eigenvalue weighted by molar-refractivity contribution is 5.92. The number of hydrogen-bond acceptors (Lipinski definition) is 4. The fourth-order valence-electron chi connectivity index (χ4n) is 5.87. The van der Waals surface area contributed by atoms with Gasteiger partial charge in [0.15, 0.2) is 11.5 Å². The zero-order chi connectivity index (χ0) is 29.5. The van der Waals surface area contributed by atoms with E-state index in [0.717, 1.165) is 54.1 Å². The number of para-hydroxylation sites is 1. The Bertz CT molecular complexity index is 1510. The van der Waals surface area contributed by atoms with Gasteiger partial charge in [0.1, 0.15) is 11.9 Å². The summed E-state index contributed by atoms with van der Waals surface area (Å²) in [6.07, 6.45) is 7.56. The minimum Gasteiger partial charge on any atom is -0.493 e. The van der Waals surface area contributed by atoms with Crippen molar-refractivity contribution in [3.8, 4) is 11.5 Å². The molecular formula is C34H38FN3O4. The van der Waals surface area contributed by atoms with Crippen LogP contribution in [0.15, 0.2) is 72.9 Å². The fourth-order valence-corrected chi connectivity index (χ4v) is 5.87. The third kappa shape index (κ3) is 6.75. The number of nitrogens with zero attached hydrogens (tertiary/aromatic N) is 1. The molecule has 8 heteroatoms. The summed E-state index contributed by atoms with van der Waals surface area (Å²) in [5, 5.41) is 4.19. The maximum atomic E-state index is 14.2. The van der Waals surface area contributed by atoms with Gasteiger partial charge in [-0.15, -0.1) is 0 Å². The first-order valence-corrected chi connectivity index (χ1v) is 14.6. The lowest BCUT2D eigenvalue weighted by Crippen LogP contribution is -2.48. The summed E-state index contributed by atoms with van der Waals surface area (Å²) in [6.45, 7) is 0.275. The van der Waals surface area contributed by atoms with Crippen molar-refractivity contribution < 1.29 is 23.5 Å². The molecule has 0 unspecified atom stereocenters. The second-order valence-corrected chi connectivity index (χ2v) is 10.9. The number of amides is 2. The van der Waals surface area contributed by atoms with Crippen molar-refractivity contribution in [1.82, 2.24) is 15.2 Å². The molecule has 5 rings (SSSR count). The molecule has 1 aromatic heterocycles. The molecule has 4 aromatic rings. The lowest BCUT2D eigenvalue weighted by molar-refractivity contribution is -0.140. The molecular weight excluding hydrogens is 533 g/mol. The predicted molar refractivity (Wildman–Crippen MR) is 161 cm³/mol. The zero-order valence-corrected chi connectivity index (χ0v) is 24.2. The lowest BCUT2D eigenvalue weighted by atomic mass is 9.94. The smallest absolute Gasteiger partial charge is 0.247 e. The van der Waals surface area contributed by atoms with Gasteiger partial charge in [-0.1, -0.05) is 55.7 Å². The van der Waals surface area contributed by atoms with Gasteiger partial charge in [0.25, 0.3) is 0 Å². The van der Waals surface area contributed by atoms with E-state index < -0.39 is 11.9 Å². The molecule has 2 N–H and O–H groups in total. The highest BCUT2D eigenvalue weighted by Gasteiger charge is 2.33. The van der Waals surface area contributed by atoms with Crippen molar-refractivity contribution in [2.45, 2.75) is 57.0 Å². The van der Waals surface area contributed by atoms with E-state index in [4.69, 9.17) is 9.47 Å². The summed E-state index contributed by atoms with van der Waals surface area (Å²) in [5.41, 5.74) is 3.31. The normalized spacial score (nSPS) is 14.4. The van der Waals surface area contributed by atoms with Crippen LogP contribution in [0, 0.1) is 5.82 Å². The van der Waals surface area contributed by atoms with Crippen molar-refractivity contribution in [3.05, 3.63) is 95.4 Å². The van der Waals surface area contributed by atoms with Crippen LogP contribution in [-0.2, 0) is 22.4 Å². The molecule has 220 valence electrons. The lowest BCUT2D eigenvalue weighted by Gasteiger charge is -2.33. The number of fused-ring (bicyclic) bond motifs is 1. The maximum absolute atomic E-state index is 14.2. The molecule has 3 aromatic carbocycles. The van der Waals surface area contributed by atoms with Crippen LogP contribution in [0.5, 0.6) is 11.5 Å². The quantitative estimate of drug-likeness (QED) is 0.227. The van der Waals surface area contributed by atoms with Gasteiger partial charge < -0.3 is 24.7 Å². The number of methoxy groups -OCH3 is 2. The molecule has 1 aliphatic carbocycles. The maximum Gasteiger partial charge on any atom is 0.247 e. The average Bonchev–Trinajstić information content (AvgIpc) is 3.42. The average molecular weight is 572 g/mol. The monoisotopic (exact) mass is 571 g/mol. The van der Waals surface area contributed by atoms with Crippen LogP contribution in [0.25, 0.3) is 10.9 Å². The topological polar surface area (TPSA) is 83.7 Å². The minimum atomic E-state index is -0.912. The van der Waals surface area contributed by atoms with Gasteiger partial charge in [-0.25, -0.2) is 4.39 Å². The standard InChI is InChI=1S/C34H38FN3O4/c1-41-30-17-12-23(20-31(30)42-2)18-19-38(32(39)21-25-22-36-29-11-7-6-10-28(25)29)33(24-13-15-26(35)16-14-24)34(40)37-27-8-4-3-5-9-27/h6-7,10-17,20,22,27,33,36H,3-5,8-9,18-19,21H2,1-2H3,(H,37,40)/t33-/m0/s1. The van der Waals surface area contributed by atoms with Crippen molar-refractivity contribution in [2.24, 2.45) is 0 Å². The molecule has 42 heavy (non-hydrogen) atoms. The molecule has 1 heterocycles. The van der Waals surface area contributed by atoms with Crippen molar-refractivity contribution in [2.75, 3.05) is 20.8 Å². The summed E-state index contributed by atoms with van der Waals surface area (Å²) in [7, 11) is 3.17. The molecule has 0 radical (unpaired) electrons. The van der Waals surface area contributed by atoms with Crippen molar-refractivity contribution in [3.63, 3.8) is 0 Å². The first-order chi connectivity index (χ1) is 20.5. The van der Waals surface area contributed by atoms with Gasteiger partial charge in [-0.2, -0.15) is 0 Å². The van der Waals surface area contributed by atoms with Crippen LogP contribution in [0.2, 0.25) is 0 Å². The second kappa shape index (κ2) is 13.6. The number of halogens is 1. The number of aromatic amines is 1. The molecule has 0 aliphatic heterocycles. The number of ether oxygens (including phenoxy) is 2. The van der Waals surface area contributed by atoms with Gasteiger partial charge in [-0.05, 0) is 66.3 Å². The summed E-state index contributed by atoms with van der Waals surface area (Å²) >= 11 is 0. The number of aromatic nitrogens is 1. The Morgan fingerprint density at radius 3 is 2.45 bits per heavy atom. The number of nitrogens with one attached hydrogen (secondary N) is 2. The molecule has 7 nitrogen and oxygen atoms in total. The second-order valence-electron chi connectivity index (χ2n) is 10.9. The Hall–Kier alpha value is -4.33. The van der Waals surface area contributed by atoms with Crippen LogP contribution >= 0.6 is 0 Å². The van der Waals surface area contributed by atoms with E-state index in [2.05, 4.69) is 10.3 Å². The van der Waals surface area contributed by atoms with E-state index in [1.165, 1.54) is 12.1 Å². The Labute approximate surface area is 246 Å². The van der Waals surface area contributed by atoms with Crippen LogP contribution < -0.4 is 14.8 Å². The largest absolute Gasteiger partial charge is 0.493 e. The Morgan fingerprint density at radius 2 is 1.71 bits per heavy atom. The Kier molecular flexibility index (Phi) is 9.41. The van der Waals surface area contributed by atoms with E-state index in [0.29, 0.717) is 23.5 Å².